The summed E-state index contributed by atoms with van der Waals surface area (Å²) >= 11 is 0. The number of amides is 1. The summed E-state index contributed by atoms with van der Waals surface area (Å²) in [5, 5.41) is 24.2. The number of aliphatic hydroxyl groups excluding tert-OH is 1. The van der Waals surface area contributed by atoms with Crippen LogP contribution in [0.1, 0.15) is 47.7 Å². The van der Waals surface area contributed by atoms with E-state index in [1.807, 2.05) is 18.2 Å². The molecule has 1 saturated heterocycles. The highest BCUT2D eigenvalue weighted by Gasteiger charge is 2.52. The first-order valence-electron chi connectivity index (χ1n) is 11.1. The minimum atomic E-state index is -1.22. The first-order valence-corrected chi connectivity index (χ1v) is 11.1. The number of carbonyl (C=O) groups excluding carboxylic acids is 1. The molecule has 3 aromatic rings. The number of pyridine rings is 2. The van der Waals surface area contributed by atoms with Crippen molar-refractivity contribution in [2.45, 2.75) is 49.6 Å². The lowest BCUT2D eigenvalue weighted by Crippen LogP contribution is -2.54. The standard InChI is InChI=1S/C25H25N3O5/c29-21-14-20(33-22-9-4-11-25(21,22)32)17-10-12-26-15-19(17)27-23(30)18-8-5-13-28(24(18)31)16-6-2-1-3-7-16/h1-3,5-8,10,12-13,15,20-22,29,32H,4,9,11,14H2,(H,27,30)/t20-,21-,22-,25+/m0/s1. The monoisotopic (exact) mass is 447 g/mol. The Morgan fingerprint density at radius 2 is 2.00 bits per heavy atom. The van der Waals surface area contributed by atoms with Crippen molar-refractivity contribution in [3.8, 4) is 5.69 Å². The Morgan fingerprint density at radius 1 is 1.18 bits per heavy atom. The summed E-state index contributed by atoms with van der Waals surface area (Å²) in [7, 11) is 0. The number of rotatable bonds is 4. The number of fused-ring (bicyclic) bond motifs is 1. The van der Waals surface area contributed by atoms with E-state index >= 15 is 0 Å². The van der Waals surface area contributed by atoms with Crippen LogP contribution in [0.15, 0.2) is 71.9 Å². The largest absolute Gasteiger partial charge is 0.390 e. The minimum absolute atomic E-state index is 0.00841. The maximum absolute atomic E-state index is 13.1. The molecule has 2 aliphatic rings. The summed E-state index contributed by atoms with van der Waals surface area (Å²) in [5.41, 5.74) is 0.0357. The van der Waals surface area contributed by atoms with Gasteiger partial charge in [-0.1, -0.05) is 18.2 Å². The molecule has 2 aromatic heterocycles. The van der Waals surface area contributed by atoms with Crippen LogP contribution in [-0.2, 0) is 4.74 Å². The highest BCUT2D eigenvalue weighted by atomic mass is 16.5. The van der Waals surface area contributed by atoms with Gasteiger partial charge in [0.1, 0.15) is 11.2 Å². The first-order chi connectivity index (χ1) is 16.0. The van der Waals surface area contributed by atoms with E-state index in [0.29, 0.717) is 29.8 Å². The molecule has 3 heterocycles. The van der Waals surface area contributed by atoms with Crippen LogP contribution in [0.2, 0.25) is 0 Å². The highest BCUT2D eigenvalue weighted by molar-refractivity contribution is 6.04. The van der Waals surface area contributed by atoms with Gasteiger partial charge in [-0.15, -0.1) is 0 Å². The first kappa shape index (κ1) is 21.5. The van der Waals surface area contributed by atoms with E-state index in [2.05, 4.69) is 10.3 Å². The molecule has 0 bridgehead atoms. The average molecular weight is 447 g/mol. The quantitative estimate of drug-likeness (QED) is 0.567. The second-order valence-corrected chi connectivity index (χ2v) is 8.60. The number of nitrogens with one attached hydrogen (secondary N) is 1. The molecular weight excluding hydrogens is 422 g/mol. The maximum Gasteiger partial charge on any atom is 0.267 e. The van der Waals surface area contributed by atoms with Crippen molar-refractivity contribution in [1.29, 1.82) is 0 Å². The smallest absolute Gasteiger partial charge is 0.267 e. The van der Waals surface area contributed by atoms with Crippen molar-refractivity contribution in [1.82, 2.24) is 9.55 Å². The molecule has 1 aliphatic carbocycles. The van der Waals surface area contributed by atoms with E-state index in [0.717, 1.165) is 6.42 Å². The molecule has 1 amide bonds. The molecule has 1 saturated carbocycles. The summed E-state index contributed by atoms with van der Waals surface area (Å²) in [6.45, 7) is 0. The predicted octanol–water partition coefficient (Wildman–Crippen LogP) is 2.59. The Labute approximate surface area is 190 Å². The fraction of sp³-hybridized carbons (Fsp3) is 0.320. The zero-order chi connectivity index (χ0) is 23.0. The number of hydrogen-bond acceptors (Lipinski definition) is 6. The van der Waals surface area contributed by atoms with Crippen molar-refractivity contribution in [3.05, 3.63) is 88.6 Å². The van der Waals surface area contributed by atoms with E-state index in [-0.39, 0.29) is 12.0 Å². The Bertz CT molecular complexity index is 1230. The molecule has 0 radical (unpaired) electrons. The Kier molecular flexibility index (Phi) is 5.57. The summed E-state index contributed by atoms with van der Waals surface area (Å²) < 4.78 is 7.56. The van der Waals surface area contributed by atoms with Gasteiger partial charge in [0.05, 0.1) is 30.2 Å². The lowest BCUT2D eigenvalue weighted by atomic mass is 9.84. The molecule has 3 N–H and O–H groups in total. The fourth-order valence-corrected chi connectivity index (χ4v) is 4.85. The Morgan fingerprint density at radius 3 is 2.82 bits per heavy atom. The topological polar surface area (TPSA) is 114 Å². The molecule has 170 valence electrons. The van der Waals surface area contributed by atoms with Gasteiger partial charge in [0.25, 0.3) is 11.5 Å². The number of benzene rings is 1. The SMILES string of the molecule is O=C(Nc1cnccc1[C@@H]1C[C@H](O)[C@]2(O)CCC[C@@H]2O1)c1cccn(-c2ccccc2)c1=O. The van der Waals surface area contributed by atoms with E-state index in [1.54, 1.807) is 36.7 Å². The van der Waals surface area contributed by atoms with Gasteiger partial charge in [0, 0.05) is 30.1 Å². The van der Waals surface area contributed by atoms with Crippen LogP contribution < -0.4 is 10.9 Å². The Balaban J connectivity index is 1.42. The van der Waals surface area contributed by atoms with Crippen LogP contribution in [0.25, 0.3) is 5.69 Å². The molecule has 2 fully saturated rings. The zero-order valence-electron chi connectivity index (χ0n) is 17.9. The van der Waals surface area contributed by atoms with Crippen molar-refractivity contribution >= 4 is 11.6 Å². The molecule has 1 aliphatic heterocycles. The molecule has 4 atom stereocenters. The number of anilines is 1. The van der Waals surface area contributed by atoms with Gasteiger partial charge in [-0.05, 0) is 49.6 Å². The zero-order valence-corrected chi connectivity index (χ0v) is 17.9. The number of nitrogens with zero attached hydrogens (tertiary/aromatic N) is 2. The second-order valence-electron chi connectivity index (χ2n) is 8.60. The van der Waals surface area contributed by atoms with Crippen LogP contribution in [0.3, 0.4) is 0 Å². The van der Waals surface area contributed by atoms with E-state index in [9.17, 15) is 19.8 Å². The van der Waals surface area contributed by atoms with E-state index in [4.69, 9.17) is 4.74 Å². The summed E-state index contributed by atoms with van der Waals surface area (Å²) in [5.74, 6) is -0.562. The molecule has 0 spiro atoms. The summed E-state index contributed by atoms with van der Waals surface area (Å²) in [6.07, 6.45) is 4.95. The van der Waals surface area contributed by atoms with Crippen molar-refractivity contribution in [3.63, 3.8) is 0 Å². The lowest BCUT2D eigenvalue weighted by molar-refractivity contribution is -0.215. The fourth-order valence-electron chi connectivity index (χ4n) is 4.85. The van der Waals surface area contributed by atoms with Gasteiger partial charge in [0.15, 0.2) is 0 Å². The number of hydrogen-bond donors (Lipinski definition) is 3. The maximum atomic E-state index is 13.1. The summed E-state index contributed by atoms with van der Waals surface area (Å²) in [6, 6.07) is 13.9. The van der Waals surface area contributed by atoms with Crippen LogP contribution >= 0.6 is 0 Å². The third-order valence-electron chi connectivity index (χ3n) is 6.62. The highest BCUT2D eigenvalue weighted by Crippen LogP contribution is 2.46. The molecule has 5 rings (SSSR count). The molecule has 8 heteroatoms. The van der Waals surface area contributed by atoms with Gasteiger partial charge in [-0.2, -0.15) is 0 Å². The lowest BCUT2D eigenvalue weighted by Gasteiger charge is -2.43. The van der Waals surface area contributed by atoms with Gasteiger partial charge < -0.3 is 20.3 Å². The third-order valence-corrected chi connectivity index (χ3v) is 6.62. The van der Waals surface area contributed by atoms with Crippen LogP contribution in [0, 0.1) is 0 Å². The number of aliphatic hydroxyl groups is 2. The van der Waals surface area contributed by atoms with Gasteiger partial charge in [-0.3, -0.25) is 19.1 Å². The van der Waals surface area contributed by atoms with Gasteiger partial charge in [0.2, 0.25) is 0 Å². The van der Waals surface area contributed by atoms with Crippen molar-refractivity contribution < 1.29 is 19.7 Å². The predicted molar refractivity (Wildman–Crippen MR) is 121 cm³/mol. The Hall–Kier alpha value is -3.33. The van der Waals surface area contributed by atoms with Crippen LogP contribution in [0.4, 0.5) is 5.69 Å². The number of ether oxygens (including phenoxy) is 1. The normalized spacial score (nSPS) is 26.5. The second kappa shape index (κ2) is 8.55. The van der Waals surface area contributed by atoms with Crippen molar-refractivity contribution in [2.75, 3.05) is 5.32 Å². The van der Waals surface area contributed by atoms with Gasteiger partial charge in [-0.25, -0.2) is 0 Å². The minimum Gasteiger partial charge on any atom is -0.390 e. The number of aromatic nitrogens is 2. The van der Waals surface area contributed by atoms with E-state index in [1.165, 1.54) is 16.8 Å². The molecular formula is C25H25N3O5. The van der Waals surface area contributed by atoms with E-state index < -0.39 is 35.4 Å². The number of carbonyl (C=O) groups is 1. The van der Waals surface area contributed by atoms with Crippen LogP contribution in [-0.4, -0.2) is 43.5 Å². The number of para-hydroxylation sites is 1. The average Bonchev–Trinajstić information content (AvgIpc) is 3.22. The molecule has 8 nitrogen and oxygen atoms in total. The molecule has 0 unspecified atom stereocenters. The molecule has 1 aromatic carbocycles. The van der Waals surface area contributed by atoms with Gasteiger partial charge >= 0.3 is 0 Å². The van der Waals surface area contributed by atoms with Crippen LogP contribution in [0.5, 0.6) is 0 Å². The summed E-state index contributed by atoms with van der Waals surface area (Å²) in [4.78, 5) is 30.2. The van der Waals surface area contributed by atoms with Crippen molar-refractivity contribution in [2.24, 2.45) is 0 Å². The third kappa shape index (κ3) is 3.86. The molecule has 33 heavy (non-hydrogen) atoms.